The average molecular weight is 200 g/mol. The number of aliphatic hydroxyl groups excluding tert-OH is 1. The van der Waals surface area contributed by atoms with Crippen LogP contribution in [0.2, 0.25) is 0 Å². The van der Waals surface area contributed by atoms with Crippen LogP contribution in [0.15, 0.2) is 11.4 Å². The Balaban J connectivity index is 2.67. The quantitative estimate of drug-likeness (QED) is 0.808. The van der Waals surface area contributed by atoms with Crippen LogP contribution >= 0.6 is 11.3 Å². The van der Waals surface area contributed by atoms with E-state index in [0.717, 1.165) is 5.56 Å². The highest BCUT2D eigenvalue weighted by atomic mass is 32.1. The van der Waals surface area contributed by atoms with Crippen LogP contribution in [0.25, 0.3) is 0 Å². The van der Waals surface area contributed by atoms with Gasteiger partial charge in [0.05, 0.1) is 12.7 Å². The van der Waals surface area contributed by atoms with E-state index in [2.05, 4.69) is 0 Å². The third-order valence-electron chi connectivity index (χ3n) is 2.19. The molecule has 0 aliphatic heterocycles. The topological polar surface area (TPSA) is 29.5 Å². The SMILES string of the molecule is COCC(C)C(O)c1ccsc1C. The molecule has 13 heavy (non-hydrogen) atoms. The van der Waals surface area contributed by atoms with Crippen molar-refractivity contribution in [1.29, 1.82) is 0 Å². The molecular weight excluding hydrogens is 184 g/mol. The molecule has 0 saturated carbocycles. The van der Waals surface area contributed by atoms with Gasteiger partial charge in [0.1, 0.15) is 0 Å². The first kappa shape index (κ1) is 10.7. The van der Waals surface area contributed by atoms with Crippen LogP contribution in [-0.4, -0.2) is 18.8 Å². The molecule has 0 aliphatic rings. The molecule has 0 spiro atoms. The second-order valence-corrected chi connectivity index (χ2v) is 4.43. The molecule has 1 rings (SSSR count). The molecule has 74 valence electrons. The van der Waals surface area contributed by atoms with Crippen LogP contribution in [0.3, 0.4) is 0 Å². The van der Waals surface area contributed by atoms with Crippen LogP contribution in [-0.2, 0) is 4.74 Å². The third kappa shape index (κ3) is 2.53. The van der Waals surface area contributed by atoms with Crippen LogP contribution < -0.4 is 0 Å². The molecule has 0 aromatic carbocycles. The van der Waals surface area contributed by atoms with E-state index in [-0.39, 0.29) is 5.92 Å². The van der Waals surface area contributed by atoms with Crippen LogP contribution in [0, 0.1) is 12.8 Å². The van der Waals surface area contributed by atoms with Gasteiger partial charge in [0.25, 0.3) is 0 Å². The second kappa shape index (κ2) is 4.74. The van der Waals surface area contributed by atoms with E-state index in [4.69, 9.17) is 4.74 Å². The van der Waals surface area contributed by atoms with Gasteiger partial charge < -0.3 is 9.84 Å². The van der Waals surface area contributed by atoms with Gasteiger partial charge in [-0.25, -0.2) is 0 Å². The first-order valence-electron chi connectivity index (χ1n) is 4.37. The summed E-state index contributed by atoms with van der Waals surface area (Å²) in [6.07, 6.45) is -0.397. The van der Waals surface area contributed by atoms with Crippen molar-refractivity contribution in [3.05, 3.63) is 21.9 Å². The zero-order valence-electron chi connectivity index (χ0n) is 8.28. The fraction of sp³-hybridized carbons (Fsp3) is 0.600. The predicted molar refractivity (Wildman–Crippen MR) is 55.1 cm³/mol. The van der Waals surface area contributed by atoms with Crippen LogP contribution in [0.5, 0.6) is 0 Å². The van der Waals surface area contributed by atoms with Gasteiger partial charge in [-0.2, -0.15) is 0 Å². The molecule has 0 radical (unpaired) electrons. The zero-order chi connectivity index (χ0) is 9.84. The first-order valence-corrected chi connectivity index (χ1v) is 5.25. The third-order valence-corrected chi connectivity index (χ3v) is 3.05. The molecule has 0 amide bonds. The van der Waals surface area contributed by atoms with Gasteiger partial charge in [0.2, 0.25) is 0 Å². The molecule has 2 unspecified atom stereocenters. The van der Waals surface area contributed by atoms with Crippen LogP contribution in [0.1, 0.15) is 23.5 Å². The summed E-state index contributed by atoms with van der Waals surface area (Å²) in [5, 5.41) is 11.9. The Morgan fingerprint density at radius 1 is 1.62 bits per heavy atom. The number of rotatable bonds is 4. The second-order valence-electron chi connectivity index (χ2n) is 3.31. The molecule has 1 N–H and O–H groups in total. The number of hydrogen-bond donors (Lipinski definition) is 1. The fourth-order valence-corrected chi connectivity index (χ4v) is 2.11. The molecule has 0 bridgehead atoms. The van der Waals surface area contributed by atoms with Crippen molar-refractivity contribution in [2.45, 2.75) is 20.0 Å². The summed E-state index contributed by atoms with van der Waals surface area (Å²) in [4.78, 5) is 1.19. The van der Waals surface area contributed by atoms with Gasteiger partial charge in [-0.05, 0) is 23.9 Å². The highest BCUT2D eigenvalue weighted by molar-refractivity contribution is 7.10. The van der Waals surface area contributed by atoms with Crippen molar-refractivity contribution in [2.75, 3.05) is 13.7 Å². The Kier molecular flexibility index (Phi) is 3.90. The molecule has 3 heteroatoms. The smallest absolute Gasteiger partial charge is 0.0848 e. The van der Waals surface area contributed by atoms with E-state index in [1.807, 2.05) is 25.3 Å². The lowest BCUT2D eigenvalue weighted by Crippen LogP contribution is -2.14. The maximum absolute atomic E-state index is 9.92. The summed E-state index contributed by atoms with van der Waals surface area (Å²) < 4.78 is 5.01. The summed E-state index contributed by atoms with van der Waals surface area (Å²) in [6, 6.07) is 1.98. The van der Waals surface area contributed by atoms with Gasteiger partial charge in [0.15, 0.2) is 0 Å². The minimum Gasteiger partial charge on any atom is -0.388 e. The first-order chi connectivity index (χ1) is 6.16. The summed E-state index contributed by atoms with van der Waals surface area (Å²) >= 11 is 1.67. The fourth-order valence-electron chi connectivity index (χ4n) is 1.36. The number of thiophene rings is 1. The Hall–Kier alpha value is -0.380. The Bertz CT molecular complexity index is 257. The number of aryl methyl sites for hydroxylation is 1. The molecule has 0 aliphatic carbocycles. The number of methoxy groups -OCH3 is 1. The molecule has 0 saturated heterocycles. The summed E-state index contributed by atoms with van der Waals surface area (Å²) in [6.45, 7) is 4.62. The average Bonchev–Trinajstić information content (AvgIpc) is 2.50. The summed E-state index contributed by atoms with van der Waals surface area (Å²) in [7, 11) is 1.66. The lowest BCUT2D eigenvalue weighted by atomic mass is 9.99. The van der Waals surface area contributed by atoms with E-state index < -0.39 is 6.10 Å². The van der Waals surface area contributed by atoms with E-state index in [9.17, 15) is 5.11 Å². The predicted octanol–water partition coefficient (Wildman–Crippen LogP) is 2.37. The van der Waals surface area contributed by atoms with E-state index in [1.54, 1.807) is 18.4 Å². The normalized spacial score (nSPS) is 15.7. The van der Waals surface area contributed by atoms with Crippen molar-refractivity contribution in [2.24, 2.45) is 5.92 Å². The van der Waals surface area contributed by atoms with Crippen molar-refractivity contribution in [1.82, 2.24) is 0 Å². The van der Waals surface area contributed by atoms with Gasteiger partial charge in [-0.1, -0.05) is 6.92 Å². The van der Waals surface area contributed by atoms with Gasteiger partial charge >= 0.3 is 0 Å². The number of hydrogen-bond acceptors (Lipinski definition) is 3. The highest BCUT2D eigenvalue weighted by Crippen LogP contribution is 2.27. The Morgan fingerprint density at radius 2 is 2.31 bits per heavy atom. The zero-order valence-corrected chi connectivity index (χ0v) is 9.10. The van der Waals surface area contributed by atoms with Crippen molar-refractivity contribution < 1.29 is 9.84 Å². The van der Waals surface area contributed by atoms with E-state index in [1.165, 1.54) is 4.88 Å². The minimum atomic E-state index is -0.397. The maximum Gasteiger partial charge on any atom is 0.0848 e. The largest absolute Gasteiger partial charge is 0.388 e. The van der Waals surface area contributed by atoms with Gasteiger partial charge in [-0.15, -0.1) is 11.3 Å². The number of aliphatic hydroxyl groups is 1. The van der Waals surface area contributed by atoms with Crippen molar-refractivity contribution in [3.63, 3.8) is 0 Å². The lowest BCUT2D eigenvalue weighted by molar-refractivity contribution is 0.0566. The van der Waals surface area contributed by atoms with Crippen molar-refractivity contribution in [3.8, 4) is 0 Å². The molecule has 2 atom stereocenters. The van der Waals surface area contributed by atoms with Gasteiger partial charge in [0, 0.05) is 17.9 Å². The minimum absolute atomic E-state index is 0.151. The number of ether oxygens (including phenoxy) is 1. The molecule has 1 aromatic heterocycles. The van der Waals surface area contributed by atoms with E-state index >= 15 is 0 Å². The maximum atomic E-state index is 9.92. The lowest BCUT2D eigenvalue weighted by Gasteiger charge is -2.17. The monoisotopic (exact) mass is 200 g/mol. The Morgan fingerprint density at radius 3 is 2.77 bits per heavy atom. The standard InChI is InChI=1S/C10H16O2S/c1-7(6-12-3)10(11)9-4-5-13-8(9)2/h4-5,7,10-11H,6H2,1-3H3. The molecule has 1 heterocycles. The molecule has 2 nitrogen and oxygen atoms in total. The molecular formula is C10H16O2S. The van der Waals surface area contributed by atoms with Crippen LogP contribution in [0.4, 0.5) is 0 Å². The Labute approximate surface area is 83.2 Å². The summed E-state index contributed by atoms with van der Waals surface area (Å²) in [5.41, 5.74) is 1.04. The summed E-state index contributed by atoms with van der Waals surface area (Å²) in [5.74, 6) is 0.151. The molecule has 1 aromatic rings. The van der Waals surface area contributed by atoms with Gasteiger partial charge in [-0.3, -0.25) is 0 Å². The van der Waals surface area contributed by atoms with Crippen molar-refractivity contribution >= 4 is 11.3 Å². The molecule has 0 fully saturated rings. The van der Waals surface area contributed by atoms with E-state index in [0.29, 0.717) is 6.61 Å². The highest BCUT2D eigenvalue weighted by Gasteiger charge is 2.18.